The van der Waals surface area contributed by atoms with Gasteiger partial charge in [0, 0.05) is 12.7 Å². The number of nitrogens with zero attached hydrogens (tertiary/aromatic N) is 3. The smallest absolute Gasteiger partial charge is 0.0964 e. The lowest BCUT2D eigenvalue weighted by Crippen LogP contribution is -2.07. The normalized spacial score (nSPS) is 10.7. The van der Waals surface area contributed by atoms with Gasteiger partial charge in [0.05, 0.1) is 25.5 Å². The number of ether oxygens (including phenoxy) is 1. The van der Waals surface area contributed by atoms with Crippen molar-refractivity contribution in [1.82, 2.24) is 20.3 Å². The molecule has 5 heteroatoms. The van der Waals surface area contributed by atoms with Crippen molar-refractivity contribution in [2.75, 3.05) is 13.7 Å². The summed E-state index contributed by atoms with van der Waals surface area (Å²) in [6, 6.07) is 10.1. The van der Waals surface area contributed by atoms with Gasteiger partial charge < -0.3 is 10.1 Å². The maximum Gasteiger partial charge on any atom is 0.0964 e. The molecule has 0 aliphatic carbocycles. The van der Waals surface area contributed by atoms with Gasteiger partial charge in [0.25, 0.3) is 0 Å². The van der Waals surface area contributed by atoms with E-state index in [0.29, 0.717) is 13.2 Å². The summed E-state index contributed by atoms with van der Waals surface area (Å²) >= 11 is 0. The number of nitrogens with one attached hydrogen (secondary N) is 1. The molecule has 1 heterocycles. The number of rotatable bonds is 7. The number of benzene rings is 1. The van der Waals surface area contributed by atoms with E-state index in [1.54, 1.807) is 4.68 Å². The first-order valence-electron chi connectivity index (χ1n) is 6.04. The summed E-state index contributed by atoms with van der Waals surface area (Å²) in [6.07, 6.45) is 1.93. The van der Waals surface area contributed by atoms with E-state index in [1.807, 2.05) is 31.4 Å². The Bertz CT molecular complexity index is 455. The molecular weight excluding hydrogens is 228 g/mol. The Hall–Kier alpha value is -1.72. The molecule has 0 saturated carbocycles. The molecule has 0 fully saturated rings. The van der Waals surface area contributed by atoms with Crippen molar-refractivity contribution in [2.24, 2.45) is 0 Å². The highest BCUT2D eigenvalue weighted by molar-refractivity contribution is 5.13. The van der Waals surface area contributed by atoms with Gasteiger partial charge in [0.15, 0.2) is 0 Å². The van der Waals surface area contributed by atoms with Crippen LogP contribution in [0.5, 0.6) is 0 Å². The molecule has 0 aliphatic heterocycles. The first-order chi connectivity index (χ1) is 8.88. The summed E-state index contributed by atoms with van der Waals surface area (Å²) in [5.74, 6) is 0. The third-order valence-corrected chi connectivity index (χ3v) is 2.52. The van der Waals surface area contributed by atoms with Crippen molar-refractivity contribution in [2.45, 2.75) is 19.7 Å². The maximum atomic E-state index is 5.59. The molecule has 18 heavy (non-hydrogen) atoms. The van der Waals surface area contributed by atoms with Crippen LogP contribution in [0, 0.1) is 0 Å². The number of hydrogen-bond donors (Lipinski definition) is 1. The number of hydrogen-bond acceptors (Lipinski definition) is 4. The van der Waals surface area contributed by atoms with Crippen LogP contribution in [0.3, 0.4) is 0 Å². The summed E-state index contributed by atoms with van der Waals surface area (Å²) in [7, 11) is 1.89. The Balaban J connectivity index is 1.68. The minimum Gasteiger partial charge on any atom is -0.375 e. The topological polar surface area (TPSA) is 52.0 Å². The summed E-state index contributed by atoms with van der Waals surface area (Å²) in [5, 5.41) is 11.1. The van der Waals surface area contributed by atoms with Crippen LogP contribution >= 0.6 is 0 Å². The molecule has 1 aromatic heterocycles. The average molecular weight is 246 g/mol. The Labute approximate surface area is 107 Å². The van der Waals surface area contributed by atoms with Gasteiger partial charge in [-0.2, -0.15) is 0 Å². The van der Waals surface area contributed by atoms with Crippen LogP contribution in [0.2, 0.25) is 0 Å². The van der Waals surface area contributed by atoms with Crippen molar-refractivity contribution in [1.29, 1.82) is 0 Å². The van der Waals surface area contributed by atoms with Crippen LogP contribution < -0.4 is 5.32 Å². The first kappa shape index (κ1) is 12.7. The summed E-state index contributed by atoms with van der Waals surface area (Å²) in [6.45, 7) is 2.74. The van der Waals surface area contributed by atoms with Crippen LogP contribution in [0.25, 0.3) is 0 Å². The monoisotopic (exact) mass is 246 g/mol. The van der Waals surface area contributed by atoms with E-state index < -0.39 is 0 Å². The highest BCUT2D eigenvalue weighted by Gasteiger charge is 1.99. The van der Waals surface area contributed by atoms with E-state index in [9.17, 15) is 0 Å². The Morgan fingerprint density at radius 3 is 2.89 bits per heavy atom. The molecule has 2 rings (SSSR count). The van der Waals surface area contributed by atoms with Crippen LogP contribution in [-0.4, -0.2) is 28.6 Å². The molecule has 96 valence electrons. The fraction of sp³-hybridized carbons (Fsp3) is 0.385. The predicted octanol–water partition coefficient (Wildman–Crippen LogP) is 1.21. The Morgan fingerprint density at radius 1 is 1.28 bits per heavy atom. The van der Waals surface area contributed by atoms with E-state index in [0.717, 1.165) is 18.8 Å². The molecule has 0 aliphatic rings. The van der Waals surface area contributed by atoms with Gasteiger partial charge in [-0.25, -0.2) is 4.68 Å². The molecular formula is C13H18N4O. The van der Waals surface area contributed by atoms with Gasteiger partial charge in [-0.15, -0.1) is 5.10 Å². The molecule has 0 spiro atoms. The standard InChI is InChI=1S/C13H18N4O/c1-14-9-13-10-17(16-15-13)7-8-18-11-12-5-3-2-4-6-12/h2-6,10,14H,7-9,11H2,1H3. The van der Waals surface area contributed by atoms with E-state index in [2.05, 4.69) is 27.8 Å². The average Bonchev–Trinajstić information content (AvgIpc) is 2.84. The molecule has 1 aromatic carbocycles. The SMILES string of the molecule is CNCc1cn(CCOCc2ccccc2)nn1. The van der Waals surface area contributed by atoms with Crippen molar-refractivity contribution < 1.29 is 4.74 Å². The molecule has 2 aromatic rings. The minimum absolute atomic E-state index is 0.636. The van der Waals surface area contributed by atoms with Crippen LogP contribution in [0.15, 0.2) is 36.5 Å². The van der Waals surface area contributed by atoms with Crippen LogP contribution in [-0.2, 0) is 24.4 Å². The largest absolute Gasteiger partial charge is 0.375 e. The van der Waals surface area contributed by atoms with E-state index in [-0.39, 0.29) is 0 Å². The van der Waals surface area contributed by atoms with Crippen molar-refractivity contribution in [3.8, 4) is 0 Å². The van der Waals surface area contributed by atoms with Gasteiger partial charge in [-0.05, 0) is 12.6 Å². The van der Waals surface area contributed by atoms with Gasteiger partial charge in [-0.3, -0.25) is 0 Å². The van der Waals surface area contributed by atoms with E-state index in [1.165, 1.54) is 5.56 Å². The molecule has 0 atom stereocenters. The minimum atomic E-state index is 0.636. The fourth-order valence-electron chi connectivity index (χ4n) is 1.63. The van der Waals surface area contributed by atoms with Crippen molar-refractivity contribution >= 4 is 0 Å². The predicted molar refractivity (Wildman–Crippen MR) is 68.9 cm³/mol. The fourth-order valence-corrected chi connectivity index (χ4v) is 1.63. The molecule has 5 nitrogen and oxygen atoms in total. The zero-order valence-electron chi connectivity index (χ0n) is 10.5. The first-order valence-corrected chi connectivity index (χ1v) is 6.04. The van der Waals surface area contributed by atoms with Gasteiger partial charge >= 0.3 is 0 Å². The second-order valence-corrected chi connectivity index (χ2v) is 4.04. The lowest BCUT2D eigenvalue weighted by molar-refractivity contribution is 0.110. The highest BCUT2D eigenvalue weighted by atomic mass is 16.5. The van der Waals surface area contributed by atoms with E-state index in [4.69, 9.17) is 4.74 Å². The quantitative estimate of drug-likeness (QED) is 0.746. The van der Waals surface area contributed by atoms with Gasteiger partial charge in [0.1, 0.15) is 0 Å². The van der Waals surface area contributed by atoms with Gasteiger partial charge in [0.2, 0.25) is 0 Å². The Morgan fingerprint density at radius 2 is 2.11 bits per heavy atom. The second kappa shape index (κ2) is 6.88. The molecule has 0 radical (unpaired) electrons. The van der Waals surface area contributed by atoms with Gasteiger partial charge in [-0.1, -0.05) is 35.5 Å². The van der Waals surface area contributed by atoms with Crippen molar-refractivity contribution in [3.63, 3.8) is 0 Å². The second-order valence-electron chi connectivity index (χ2n) is 4.04. The summed E-state index contributed by atoms with van der Waals surface area (Å²) in [5.41, 5.74) is 2.13. The third-order valence-electron chi connectivity index (χ3n) is 2.52. The zero-order chi connectivity index (χ0) is 12.6. The zero-order valence-corrected chi connectivity index (χ0v) is 10.5. The molecule has 0 unspecified atom stereocenters. The summed E-state index contributed by atoms with van der Waals surface area (Å²) in [4.78, 5) is 0. The van der Waals surface area contributed by atoms with Crippen LogP contribution in [0.4, 0.5) is 0 Å². The molecule has 0 saturated heterocycles. The molecule has 0 amide bonds. The third kappa shape index (κ3) is 3.94. The lowest BCUT2D eigenvalue weighted by Gasteiger charge is -2.03. The number of aromatic nitrogens is 3. The van der Waals surface area contributed by atoms with Crippen LogP contribution in [0.1, 0.15) is 11.3 Å². The summed E-state index contributed by atoms with van der Waals surface area (Å²) < 4.78 is 7.39. The van der Waals surface area contributed by atoms with E-state index >= 15 is 0 Å². The molecule has 0 bridgehead atoms. The van der Waals surface area contributed by atoms with Crippen molar-refractivity contribution in [3.05, 3.63) is 47.8 Å². The lowest BCUT2D eigenvalue weighted by atomic mass is 10.2. The Kier molecular flexibility index (Phi) is 4.87. The maximum absolute atomic E-state index is 5.59. The highest BCUT2D eigenvalue weighted by Crippen LogP contribution is 2.00. The molecule has 1 N–H and O–H groups in total.